The first-order valence-corrected chi connectivity index (χ1v) is 7.86. The van der Waals surface area contributed by atoms with Crippen LogP contribution in [0.1, 0.15) is 11.1 Å². The predicted octanol–water partition coefficient (Wildman–Crippen LogP) is 1.80. The van der Waals surface area contributed by atoms with Crippen molar-refractivity contribution in [1.29, 1.82) is 0 Å². The predicted molar refractivity (Wildman–Crippen MR) is 89.7 cm³/mol. The lowest BCUT2D eigenvalue weighted by Gasteiger charge is -2.13. The molecule has 1 atom stereocenters. The van der Waals surface area contributed by atoms with Crippen molar-refractivity contribution in [2.45, 2.75) is 19.1 Å². The lowest BCUT2D eigenvalue weighted by Crippen LogP contribution is -2.30. The summed E-state index contributed by atoms with van der Waals surface area (Å²) in [6.07, 6.45) is 3.32. The molecule has 6 heteroatoms. The van der Waals surface area contributed by atoms with Gasteiger partial charge in [0.05, 0.1) is 18.9 Å². The second kappa shape index (κ2) is 9.47. The van der Waals surface area contributed by atoms with E-state index in [-0.39, 0.29) is 6.61 Å². The van der Waals surface area contributed by atoms with Crippen molar-refractivity contribution < 1.29 is 14.9 Å². The molecule has 0 fully saturated rings. The summed E-state index contributed by atoms with van der Waals surface area (Å²) in [7, 11) is 0. The highest BCUT2D eigenvalue weighted by Crippen LogP contribution is 2.21. The molecule has 124 valence electrons. The first kappa shape index (κ1) is 17.7. The zero-order valence-electron chi connectivity index (χ0n) is 12.8. The Balaban J connectivity index is 1.87. The van der Waals surface area contributed by atoms with Crippen molar-refractivity contribution in [3.8, 4) is 5.75 Å². The van der Waals surface area contributed by atoms with Crippen LogP contribution in [0.4, 0.5) is 0 Å². The van der Waals surface area contributed by atoms with Crippen LogP contribution >= 0.6 is 11.6 Å². The highest BCUT2D eigenvalue weighted by Gasteiger charge is 2.08. The molecule has 23 heavy (non-hydrogen) atoms. The van der Waals surface area contributed by atoms with E-state index in [1.165, 1.54) is 0 Å². The van der Waals surface area contributed by atoms with Gasteiger partial charge in [0, 0.05) is 29.9 Å². The minimum Gasteiger partial charge on any atom is -0.487 e. The van der Waals surface area contributed by atoms with Crippen LogP contribution in [-0.4, -0.2) is 41.0 Å². The maximum absolute atomic E-state index is 9.92. The molecule has 3 N–H and O–H groups in total. The molecule has 1 heterocycles. The van der Waals surface area contributed by atoms with Crippen LogP contribution in [-0.2, 0) is 13.0 Å². The number of nitrogens with zero attached hydrogens (tertiary/aromatic N) is 1. The van der Waals surface area contributed by atoms with Crippen LogP contribution in [0.5, 0.6) is 5.75 Å². The van der Waals surface area contributed by atoms with Crippen molar-refractivity contribution >= 4 is 11.6 Å². The Bertz CT molecular complexity index is 596. The number of aliphatic hydroxyl groups excluding tert-OH is 2. The van der Waals surface area contributed by atoms with Crippen LogP contribution in [0, 0.1) is 0 Å². The number of aliphatic hydroxyl groups is 2. The van der Waals surface area contributed by atoms with Gasteiger partial charge in [-0.3, -0.25) is 4.98 Å². The van der Waals surface area contributed by atoms with Gasteiger partial charge >= 0.3 is 0 Å². The molecular weight excluding hydrogens is 316 g/mol. The maximum Gasteiger partial charge on any atom is 0.138 e. The fourth-order valence-corrected chi connectivity index (χ4v) is 2.38. The molecule has 2 rings (SSSR count). The minimum absolute atomic E-state index is 0.0597. The standard InChI is InChI=1S/C17H21ClN2O3/c18-17-9-13(8-15(22)10-20-6-7-21)3-4-14(17)12-23-16-2-1-5-19-11-16/h1-5,9,11,15,20-22H,6-8,10,12H2. The van der Waals surface area contributed by atoms with E-state index in [2.05, 4.69) is 10.3 Å². The molecule has 1 aromatic heterocycles. The van der Waals surface area contributed by atoms with Gasteiger partial charge in [0.1, 0.15) is 12.4 Å². The van der Waals surface area contributed by atoms with Gasteiger partial charge in [0.2, 0.25) is 0 Å². The van der Waals surface area contributed by atoms with Gasteiger partial charge in [0.25, 0.3) is 0 Å². The summed E-state index contributed by atoms with van der Waals surface area (Å²) in [4.78, 5) is 3.99. The Morgan fingerprint density at radius 3 is 2.87 bits per heavy atom. The van der Waals surface area contributed by atoms with Crippen LogP contribution in [0.2, 0.25) is 5.02 Å². The third-order valence-corrected chi connectivity index (χ3v) is 3.64. The number of benzene rings is 1. The molecule has 5 nitrogen and oxygen atoms in total. The molecule has 0 saturated heterocycles. The number of rotatable bonds is 9. The quantitative estimate of drug-likeness (QED) is 0.609. The minimum atomic E-state index is -0.518. The van der Waals surface area contributed by atoms with Gasteiger partial charge in [-0.1, -0.05) is 23.7 Å². The van der Waals surface area contributed by atoms with E-state index in [0.717, 1.165) is 11.1 Å². The van der Waals surface area contributed by atoms with Gasteiger partial charge in [-0.2, -0.15) is 0 Å². The molecule has 0 spiro atoms. The van der Waals surface area contributed by atoms with Gasteiger partial charge in [-0.05, 0) is 30.2 Å². The van der Waals surface area contributed by atoms with Crippen LogP contribution in [0.25, 0.3) is 0 Å². The van der Waals surface area contributed by atoms with Crippen LogP contribution in [0.15, 0.2) is 42.7 Å². The Labute approximate surface area is 140 Å². The third kappa shape index (κ3) is 6.15. The molecule has 0 aliphatic heterocycles. The van der Waals surface area contributed by atoms with Crippen LogP contribution < -0.4 is 10.1 Å². The van der Waals surface area contributed by atoms with Gasteiger partial charge in [-0.25, -0.2) is 0 Å². The van der Waals surface area contributed by atoms with Crippen LogP contribution in [0.3, 0.4) is 0 Å². The van der Waals surface area contributed by atoms with Crippen molar-refractivity contribution in [3.63, 3.8) is 0 Å². The Morgan fingerprint density at radius 1 is 1.30 bits per heavy atom. The molecular formula is C17H21ClN2O3. The zero-order valence-corrected chi connectivity index (χ0v) is 13.5. The fraction of sp³-hybridized carbons (Fsp3) is 0.353. The number of hydrogen-bond acceptors (Lipinski definition) is 5. The number of pyridine rings is 1. The number of ether oxygens (including phenoxy) is 1. The number of aromatic nitrogens is 1. The maximum atomic E-state index is 9.92. The van der Waals surface area contributed by atoms with Gasteiger partial charge < -0.3 is 20.3 Å². The van der Waals surface area contributed by atoms with E-state index in [9.17, 15) is 5.11 Å². The topological polar surface area (TPSA) is 74.6 Å². The van der Waals surface area contributed by atoms with E-state index < -0.39 is 6.10 Å². The molecule has 0 radical (unpaired) electrons. The van der Waals surface area contributed by atoms with E-state index in [0.29, 0.717) is 36.9 Å². The summed E-state index contributed by atoms with van der Waals surface area (Å²) in [5.41, 5.74) is 1.84. The average Bonchev–Trinajstić information content (AvgIpc) is 2.55. The normalized spacial score (nSPS) is 12.1. The molecule has 0 bridgehead atoms. The highest BCUT2D eigenvalue weighted by atomic mass is 35.5. The van der Waals surface area contributed by atoms with Crippen molar-refractivity contribution in [2.75, 3.05) is 19.7 Å². The molecule has 2 aromatic rings. The Morgan fingerprint density at radius 2 is 2.17 bits per heavy atom. The molecule has 0 saturated carbocycles. The monoisotopic (exact) mass is 336 g/mol. The van der Waals surface area contributed by atoms with Crippen molar-refractivity contribution in [1.82, 2.24) is 10.3 Å². The summed E-state index contributed by atoms with van der Waals surface area (Å²) in [6.45, 7) is 1.34. The second-order valence-electron chi connectivity index (χ2n) is 5.19. The van der Waals surface area contributed by atoms with Crippen molar-refractivity contribution in [2.24, 2.45) is 0 Å². The molecule has 0 aliphatic rings. The molecule has 0 aliphatic carbocycles. The van der Waals surface area contributed by atoms with E-state index in [1.807, 2.05) is 30.3 Å². The molecule has 1 unspecified atom stereocenters. The summed E-state index contributed by atoms with van der Waals surface area (Å²) in [5.74, 6) is 0.693. The van der Waals surface area contributed by atoms with Crippen molar-refractivity contribution in [3.05, 3.63) is 58.9 Å². The van der Waals surface area contributed by atoms with E-state index in [1.54, 1.807) is 12.4 Å². The highest BCUT2D eigenvalue weighted by molar-refractivity contribution is 6.31. The lowest BCUT2D eigenvalue weighted by molar-refractivity contribution is 0.168. The Kier molecular flexibility index (Phi) is 7.29. The van der Waals surface area contributed by atoms with E-state index in [4.69, 9.17) is 21.4 Å². The first-order chi connectivity index (χ1) is 11.2. The number of nitrogens with one attached hydrogen (secondary N) is 1. The summed E-state index contributed by atoms with van der Waals surface area (Å²) < 4.78 is 5.63. The molecule has 0 amide bonds. The Hall–Kier alpha value is -1.66. The summed E-state index contributed by atoms with van der Waals surface area (Å²) in [5, 5.41) is 22.2. The number of hydrogen-bond donors (Lipinski definition) is 3. The SMILES string of the molecule is OCCNCC(O)Cc1ccc(COc2cccnc2)c(Cl)c1. The zero-order chi connectivity index (χ0) is 16.5. The smallest absolute Gasteiger partial charge is 0.138 e. The van der Waals surface area contributed by atoms with Gasteiger partial charge in [0.15, 0.2) is 0 Å². The first-order valence-electron chi connectivity index (χ1n) is 7.49. The van der Waals surface area contributed by atoms with E-state index >= 15 is 0 Å². The lowest BCUT2D eigenvalue weighted by atomic mass is 10.1. The fourth-order valence-electron chi connectivity index (χ4n) is 2.12. The molecule has 1 aromatic carbocycles. The largest absolute Gasteiger partial charge is 0.487 e. The van der Waals surface area contributed by atoms with Gasteiger partial charge in [-0.15, -0.1) is 0 Å². The third-order valence-electron chi connectivity index (χ3n) is 3.29. The summed E-state index contributed by atoms with van der Waals surface area (Å²) in [6, 6.07) is 9.33. The second-order valence-corrected chi connectivity index (χ2v) is 5.60. The average molecular weight is 337 g/mol. The summed E-state index contributed by atoms with van der Waals surface area (Å²) >= 11 is 6.28. The number of halogens is 1.